The van der Waals surface area contributed by atoms with E-state index in [2.05, 4.69) is 19.2 Å². The summed E-state index contributed by atoms with van der Waals surface area (Å²) in [6.07, 6.45) is 2.83. The SMILES string of the molecule is Cc1cc(CNC2C3CCCOC3C2(C)C)cc(C)c1F. The van der Waals surface area contributed by atoms with Crippen molar-refractivity contribution in [3.05, 3.63) is 34.6 Å². The van der Waals surface area contributed by atoms with Gasteiger partial charge in [-0.05, 0) is 43.4 Å². The molecule has 1 aromatic carbocycles. The van der Waals surface area contributed by atoms with Gasteiger partial charge in [0.25, 0.3) is 0 Å². The fourth-order valence-electron chi connectivity index (χ4n) is 4.30. The van der Waals surface area contributed by atoms with Crippen LogP contribution in [0.1, 0.15) is 43.4 Å². The third-order valence-corrected chi connectivity index (χ3v) is 5.35. The third-order valence-electron chi connectivity index (χ3n) is 5.35. The van der Waals surface area contributed by atoms with Crippen molar-refractivity contribution in [2.45, 2.75) is 59.2 Å². The first-order valence-electron chi connectivity index (χ1n) is 8.02. The second-order valence-electron chi connectivity index (χ2n) is 7.32. The van der Waals surface area contributed by atoms with Crippen LogP contribution in [-0.4, -0.2) is 18.8 Å². The first kappa shape index (κ1) is 15.0. The van der Waals surface area contributed by atoms with Gasteiger partial charge in [-0.3, -0.25) is 0 Å². The molecule has 1 aliphatic carbocycles. The Labute approximate surface area is 127 Å². The topological polar surface area (TPSA) is 21.3 Å². The minimum Gasteiger partial charge on any atom is -0.377 e. The summed E-state index contributed by atoms with van der Waals surface area (Å²) >= 11 is 0. The largest absolute Gasteiger partial charge is 0.377 e. The van der Waals surface area contributed by atoms with Gasteiger partial charge in [0, 0.05) is 30.5 Å². The number of hydrogen-bond donors (Lipinski definition) is 1. The maximum Gasteiger partial charge on any atom is 0.129 e. The molecule has 1 aliphatic heterocycles. The third kappa shape index (κ3) is 2.51. The Morgan fingerprint density at radius 1 is 1.29 bits per heavy atom. The van der Waals surface area contributed by atoms with E-state index in [1.165, 1.54) is 18.4 Å². The van der Waals surface area contributed by atoms with Crippen LogP contribution in [-0.2, 0) is 11.3 Å². The van der Waals surface area contributed by atoms with Crippen LogP contribution in [0.5, 0.6) is 0 Å². The first-order chi connectivity index (χ1) is 9.91. The van der Waals surface area contributed by atoms with E-state index in [0.29, 0.717) is 18.1 Å². The molecule has 0 radical (unpaired) electrons. The fourth-order valence-corrected chi connectivity index (χ4v) is 4.30. The lowest BCUT2D eigenvalue weighted by molar-refractivity contribution is -0.192. The van der Waals surface area contributed by atoms with Crippen LogP contribution in [0.3, 0.4) is 0 Å². The second kappa shape index (κ2) is 5.36. The summed E-state index contributed by atoms with van der Waals surface area (Å²) in [7, 11) is 0. The molecule has 116 valence electrons. The molecule has 0 amide bonds. The molecule has 0 aromatic heterocycles. The van der Waals surface area contributed by atoms with Gasteiger partial charge >= 0.3 is 0 Å². The highest BCUT2D eigenvalue weighted by Crippen LogP contribution is 2.51. The van der Waals surface area contributed by atoms with E-state index in [0.717, 1.165) is 24.3 Å². The normalized spacial score (nSPS) is 30.6. The summed E-state index contributed by atoms with van der Waals surface area (Å²) in [5.74, 6) is 0.555. The molecular weight excluding hydrogens is 265 g/mol. The summed E-state index contributed by atoms with van der Waals surface area (Å²) < 4.78 is 19.6. The maximum atomic E-state index is 13.7. The number of aryl methyl sites for hydroxylation is 2. The average Bonchev–Trinajstić information content (AvgIpc) is 2.44. The van der Waals surface area contributed by atoms with Gasteiger partial charge in [-0.15, -0.1) is 0 Å². The highest BCUT2D eigenvalue weighted by molar-refractivity contribution is 5.30. The monoisotopic (exact) mass is 291 g/mol. The zero-order valence-electron chi connectivity index (χ0n) is 13.5. The molecule has 1 heterocycles. The Kier molecular flexibility index (Phi) is 3.83. The summed E-state index contributed by atoms with van der Waals surface area (Å²) in [4.78, 5) is 0. The maximum absolute atomic E-state index is 13.7. The number of rotatable bonds is 3. The van der Waals surface area contributed by atoms with Gasteiger partial charge < -0.3 is 10.1 Å². The summed E-state index contributed by atoms with van der Waals surface area (Å²) in [5, 5.41) is 3.70. The van der Waals surface area contributed by atoms with E-state index >= 15 is 0 Å². The Balaban J connectivity index is 1.68. The average molecular weight is 291 g/mol. The first-order valence-corrected chi connectivity index (χ1v) is 8.02. The van der Waals surface area contributed by atoms with E-state index in [1.807, 2.05) is 26.0 Å². The van der Waals surface area contributed by atoms with Crippen molar-refractivity contribution in [3.8, 4) is 0 Å². The van der Waals surface area contributed by atoms with E-state index < -0.39 is 0 Å². The zero-order chi connectivity index (χ0) is 15.2. The van der Waals surface area contributed by atoms with Crippen LogP contribution in [0.15, 0.2) is 12.1 Å². The van der Waals surface area contributed by atoms with Crippen molar-refractivity contribution < 1.29 is 9.13 Å². The molecule has 0 bridgehead atoms. The number of nitrogens with one attached hydrogen (secondary N) is 1. The van der Waals surface area contributed by atoms with E-state index in [4.69, 9.17) is 4.74 Å². The minimum absolute atomic E-state index is 0.0801. The molecule has 3 rings (SSSR count). The van der Waals surface area contributed by atoms with Crippen molar-refractivity contribution in [2.24, 2.45) is 11.3 Å². The van der Waals surface area contributed by atoms with Crippen molar-refractivity contribution in [2.75, 3.05) is 6.61 Å². The molecule has 1 saturated heterocycles. The Morgan fingerprint density at radius 2 is 1.95 bits per heavy atom. The molecule has 2 aliphatic rings. The van der Waals surface area contributed by atoms with E-state index in [9.17, 15) is 4.39 Å². The van der Waals surface area contributed by atoms with Crippen LogP contribution >= 0.6 is 0 Å². The standard InChI is InChI=1S/C18H26FNO/c1-11-8-13(9-12(2)15(11)19)10-20-16-14-6-5-7-21-17(14)18(16,3)4/h8-9,14,16-17,20H,5-7,10H2,1-4H3. The summed E-state index contributed by atoms with van der Waals surface area (Å²) in [6, 6.07) is 4.40. The molecule has 3 unspecified atom stereocenters. The number of halogens is 1. The zero-order valence-corrected chi connectivity index (χ0v) is 13.5. The number of benzene rings is 1. The number of ether oxygens (including phenoxy) is 1. The van der Waals surface area contributed by atoms with Gasteiger partial charge in [0.1, 0.15) is 5.82 Å². The second-order valence-corrected chi connectivity index (χ2v) is 7.32. The number of fused-ring (bicyclic) bond motifs is 1. The van der Waals surface area contributed by atoms with Crippen molar-refractivity contribution in [3.63, 3.8) is 0 Å². The molecule has 1 saturated carbocycles. The molecule has 0 spiro atoms. The lowest BCUT2D eigenvalue weighted by atomic mass is 9.55. The fraction of sp³-hybridized carbons (Fsp3) is 0.667. The highest BCUT2D eigenvalue weighted by Gasteiger charge is 2.57. The Morgan fingerprint density at radius 3 is 2.62 bits per heavy atom. The van der Waals surface area contributed by atoms with Crippen molar-refractivity contribution in [1.29, 1.82) is 0 Å². The summed E-state index contributed by atoms with van der Waals surface area (Å²) in [5.41, 5.74) is 2.83. The lowest BCUT2D eigenvalue weighted by Gasteiger charge is -2.60. The van der Waals surface area contributed by atoms with Crippen LogP contribution in [0.2, 0.25) is 0 Å². The van der Waals surface area contributed by atoms with Gasteiger partial charge in [0.15, 0.2) is 0 Å². The highest BCUT2D eigenvalue weighted by atomic mass is 19.1. The van der Waals surface area contributed by atoms with Crippen LogP contribution in [0, 0.1) is 31.0 Å². The van der Waals surface area contributed by atoms with E-state index in [-0.39, 0.29) is 11.2 Å². The molecule has 1 aromatic rings. The predicted octanol–water partition coefficient (Wildman–Crippen LogP) is 3.74. The molecule has 1 N–H and O–H groups in total. The van der Waals surface area contributed by atoms with Crippen molar-refractivity contribution in [1.82, 2.24) is 5.32 Å². The van der Waals surface area contributed by atoms with Crippen LogP contribution < -0.4 is 5.32 Å². The van der Waals surface area contributed by atoms with Gasteiger partial charge in [-0.25, -0.2) is 4.39 Å². The van der Waals surface area contributed by atoms with Gasteiger partial charge in [0.2, 0.25) is 0 Å². The quantitative estimate of drug-likeness (QED) is 0.916. The van der Waals surface area contributed by atoms with Crippen LogP contribution in [0.25, 0.3) is 0 Å². The van der Waals surface area contributed by atoms with Gasteiger partial charge in [0.05, 0.1) is 6.10 Å². The van der Waals surface area contributed by atoms with E-state index in [1.54, 1.807) is 0 Å². The molecular formula is C18H26FNO. The van der Waals surface area contributed by atoms with Crippen LogP contribution in [0.4, 0.5) is 4.39 Å². The molecule has 2 nitrogen and oxygen atoms in total. The Bertz CT molecular complexity index is 517. The predicted molar refractivity (Wildman–Crippen MR) is 82.7 cm³/mol. The lowest BCUT2D eigenvalue weighted by Crippen LogP contribution is -2.69. The van der Waals surface area contributed by atoms with Gasteiger partial charge in [-0.2, -0.15) is 0 Å². The molecule has 3 atom stereocenters. The Hall–Kier alpha value is -0.930. The van der Waals surface area contributed by atoms with Gasteiger partial charge in [-0.1, -0.05) is 26.0 Å². The number of hydrogen-bond acceptors (Lipinski definition) is 2. The summed E-state index contributed by atoms with van der Waals surface area (Å²) in [6.45, 7) is 9.97. The molecule has 21 heavy (non-hydrogen) atoms. The smallest absolute Gasteiger partial charge is 0.129 e. The molecule has 2 fully saturated rings. The molecule has 3 heteroatoms. The van der Waals surface area contributed by atoms with Crippen molar-refractivity contribution >= 4 is 0 Å². The minimum atomic E-state index is -0.0801.